The van der Waals surface area contributed by atoms with E-state index in [2.05, 4.69) is 5.32 Å². The van der Waals surface area contributed by atoms with Crippen LogP contribution >= 0.6 is 0 Å². The molecule has 6 heteroatoms. The smallest absolute Gasteiger partial charge is 0.255 e. The molecular weight excluding hydrogens is 248 g/mol. The zero-order chi connectivity index (χ0) is 13.6. The number of aliphatic hydroxyl groups is 1. The van der Waals surface area contributed by atoms with E-state index in [1.807, 2.05) is 0 Å². The number of carbonyl (C=O) groups is 2. The highest BCUT2D eigenvalue weighted by Crippen LogP contribution is 2.29. The summed E-state index contributed by atoms with van der Waals surface area (Å²) in [5.41, 5.74) is 1.25. The fourth-order valence-corrected chi connectivity index (χ4v) is 2.66. The Morgan fingerprint density at radius 1 is 1.26 bits per heavy atom. The molecular formula is C13H14N2O4. The number of phenolic OH excluding ortho intramolecular Hbond substituents is 1. The fraction of sp³-hybridized carbons (Fsp3) is 0.385. The standard InChI is InChI=1S/C13H14N2O4/c16-8-1-2-9-7(5-8)6-15(13(9)19)10-3-4-11(17)14-12(10)18/h1-2,5,10-11,16-17H,3-4,6H2,(H,14,18). The number of piperidine rings is 1. The predicted molar refractivity (Wildman–Crippen MR) is 65.2 cm³/mol. The number of rotatable bonds is 1. The maximum Gasteiger partial charge on any atom is 0.255 e. The van der Waals surface area contributed by atoms with E-state index < -0.39 is 12.3 Å². The van der Waals surface area contributed by atoms with Gasteiger partial charge in [0, 0.05) is 12.1 Å². The van der Waals surface area contributed by atoms with Gasteiger partial charge in [0.05, 0.1) is 0 Å². The van der Waals surface area contributed by atoms with Crippen molar-refractivity contribution in [1.29, 1.82) is 0 Å². The molecule has 1 fully saturated rings. The van der Waals surface area contributed by atoms with E-state index in [1.54, 1.807) is 12.1 Å². The number of carbonyl (C=O) groups excluding carboxylic acids is 2. The highest BCUT2D eigenvalue weighted by Gasteiger charge is 2.38. The Labute approximate surface area is 109 Å². The van der Waals surface area contributed by atoms with Gasteiger partial charge in [-0.15, -0.1) is 0 Å². The van der Waals surface area contributed by atoms with Gasteiger partial charge in [0.1, 0.15) is 18.0 Å². The Hall–Kier alpha value is -2.08. The molecule has 0 aromatic heterocycles. The molecule has 1 saturated heterocycles. The molecule has 19 heavy (non-hydrogen) atoms. The third-order valence-electron chi connectivity index (χ3n) is 3.62. The van der Waals surface area contributed by atoms with Gasteiger partial charge < -0.3 is 20.4 Å². The largest absolute Gasteiger partial charge is 0.508 e. The first-order valence-corrected chi connectivity index (χ1v) is 6.17. The van der Waals surface area contributed by atoms with E-state index in [1.165, 1.54) is 11.0 Å². The van der Waals surface area contributed by atoms with Crippen molar-refractivity contribution in [3.8, 4) is 5.75 Å². The lowest BCUT2D eigenvalue weighted by molar-refractivity contribution is -0.132. The minimum Gasteiger partial charge on any atom is -0.508 e. The molecule has 0 radical (unpaired) electrons. The van der Waals surface area contributed by atoms with E-state index in [4.69, 9.17) is 0 Å². The van der Waals surface area contributed by atoms with Gasteiger partial charge in [-0.05, 0) is 36.6 Å². The van der Waals surface area contributed by atoms with Crippen molar-refractivity contribution in [2.75, 3.05) is 0 Å². The van der Waals surface area contributed by atoms with Crippen molar-refractivity contribution in [2.24, 2.45) is 0 Å². The van der Waals surface area contributed by atoms with Gasteiger partial charge in [0.15, 0.2) is 0 Å². The number of aliphatic hydroxyl groups excluding tert-OH is 1. The first-order valence-electron chi connectivity index (χ1n) is 6.17. The quantitative estimate of drug-likeness (QED) is 0.661. The van der Waals surface area contributed by atoms with E-state index in [0.29, 0.717) is 24.9 Å². The molecule has 2 atom stereocenters. The summed E-state index contributed by atoms with van der Waals surface area (Å²) in [6.07, 6.45) is 0.0494. The molecule has 0 aliphatic carbocycles. The first kappa shape index (κ1) is 12.0. The molecule has 0 saturated carbocycles. The van der Waals surface area contributed by atoms with E-state index in [0.717, 1.165) is 5.56 Å². The summed E-state index contributed by atoms with van der Waals surface area (Å²) in [6, 6.07) is 4.03. The number of aromatic hydroxyl groups is 1. The third kappa shape index (κ3) is 1.94. The molecule has 1 aromatic carbocycles. The summed E-state index contributed by atoms with van der Waals surface area (Å²) in [7, 11) is 0. The molecule has 0 spiro atoms. The van der Waals surface area contributed by atoms with Crippen LogP contribution in [0, 0.1) is 0 Å². The summed E-state index contributed by atoms with van der Waals surface area (Å²) in [5.74, 6) is -0.424. The SMILES string of the molecule is O=C1NC(O)CCC1N1Cc2cc(O)ccc2C1=O. The average molecular weight is 262 g/mol. The van der Waals surface area contributed by atoms with Crippen LogP contribution in [0.15, 0.2) is 18.2 Å². The number of nitrogens with zero attached hydrogens (tertiary/aromatic N) is 1. The Balaban J connectivity index is 1.85. The molecule has 2 heterocycles. The average Bonchev–Trinajstić information content (AvgIpc) is 2.66. The summed E-state index contributed by atoms with van der Waals surface area (Å²) in [5, 5.41) is 21.2. The Kier molecular flexibility index (Phi) is 2.67. The number of nitrogens with one attached hydrogen (secondary N) is 1. The first-order chi connectivity index (χ1) is 9.06. The summed E-state index contributed by atoms with van der Waals surface area (Å²) in [4.78, 5) is 25.6. The molecule has 3 rings (SSSR count). The molecule has 6 nitrogen and oxygen atoms in total. The lowest BCUT2D eigenvalue weighted by Gasteiger charge is -2.32. The van der Waals surface area contributed by atoms with E-state index in [9.17, 15) is 19.8 Å². The van der Waals surface area contributed by atoms with Crippen molar-refractivity contribution in [2.45, 2.75) is 31.7 Å². The number of fused-ring (bicyclic) bond motifs is 1. The summed E-state index contributed by atoms with van der Waals surface area (Å²) >= 11 is 0. The normalized spacial score (nSPS) is 26.3. The topological polar surface area (TPSA) is 89.9 Å². The molecule has 100 valence electrons. The van der Waals surface area contributed by atoms with Crippen LogP contribution in [-0.2, 0) is 11.3 Å². The maximum atomic E-state index is 12.2. The minimum atomic E-state index is -0.826. The van der Waals surface area contributed by atoms with Crippen molar-refractivity contribution in [3.05, 3.63) is 29.3 Å². The third-order valence-corrected chi connectivity index (χ3v) is 3.62. The summed E-state index contributed by atoms with van der Waals surface area (Å²) in [6.45, 7) is 0.316. The second-order valence-electron chi connectivity index (χ2n) is 4.89. The number of amides is 2. The van der Waals surface area contributed by atoms with Gasteiger partial charge in [-0.2, -0.15) is 0 Å². The van der Waals surface area contributed by atoms with Crippen LogP contribution in [0.1, 0.15) is 28.8 Å². The summed E-state index contributed by atoms with van der Waals surface area (Å²) < 4.78 is 0. The molecule has 3 N–H and O–H groups in total. The maximum absolute atomic E-state index is 12.2. The van der Waals surface area contributed by atoms with E-state index in [-0.39, 0.29) is 17.6 Å². The predicted octanol–water partition coefficient (Wildman–Crippen LogP) is -0.0550. The Morgan fingerprint density at radius 3 is 2.79 bits per heavy atom. The van der Waals surface area contributed by atoms with Gasteiger partial charge in [-0.3, -0.25) is 9.59 Å². The van der Waals surface area contributed by atoms with Crippen molar-refractivity contribution < 1.29 is 19.8 Å². The molecule has 2 aliphatic heterocycles. The van der Waals surface area contributed by atoms with Gasteiger partial charge in [-0.25, -0.2) is 0 Å². The zero-order valence-corrected chi connectivity index (χ0v) is 10.2. The van der Waals surface area contributed by atoms with Gasteiger partial charge in [0.2, 0.25) is 5.91 Å². The van der Waals surface area contributed by atoms with Gasteiger partial charge >= 0.3 is 0 Å². The molecule has 2 aliphatic rings. The van der Waals surface area contributed by atoms with Crippen LogP contribution in [0.5, 0.6) is 5.75 Å². The Morgan fingerprint density at radius 2 is 2.05 bits per heavy atom. The number of hydrogen-bond acceptors (Lipinski definition) is 4. The molecule has 0 bridgehead atoms. The van der Waals surface area contributed by atoms with E-state index >= 15 is 0 Å². The second kappa shape index (κ2) is 4.24. The lowest BCUT2D eigenvalue weighted by atomic mass is 10.0. The van der Waals surface area contributed by atoms with Gasteiger partial charge in [0.25, 0.3) is 5.91 Å². The van der Waals surface area contributed by atoms with Crippen LogP contribution < -0.4 is 5.32 Å². The minimum absolute atomic E-state index is 0.108. The van der Waals surface area contributed by atoms with Crippen LogP contribution in [0.3, 0.4) is 0 Å². The zero-order valence-electron chi connectivity index (χ0n) is 10.2. The van der Waals surface area contributed by atoms with Crippen molar-refractivity contribution in [3.63, 3.8) is 0 Å². The van der Waals surface area contributed by atoms with Gasteiger partial charge in [-0.1, -0.05) is 0 Å². The van der Waals surface area contributed by atoms with Crippen LogP contribution in [0.4, 0.5) is 0 Å². The number of hydrogen-bond donors (Lipinski definition) is 3. The second-order valence-corrected chi connectivity index (χ2v) is 4.89. The molecule has 1 aromatic rings. The molecule has 2 amide bonds. The van der Waals surface area contributed by atoms with Crippen molar-refractivity contribution >= 4 is 11.8 Å². The lowest BCUT2D eigenvalue weighted by Crippen LogP contribution is -2.54. The highest BCUT2D eigenvalue weighted by atomic mass is 16.3. The fourth-order valence-electron chi connectivity index (χ4n) is 2.66. The monoisotopic (exact) mass is 262 g/mol. The van der Waals surface area contributed by atoms with Crippen LogP contribution in [0.2, 0.25) is 0 Å². The highest BCUT2D eigenvalue weighted by molar-refractivity contribution is 6.01. The van der Waals surface area contributed by atoms with Crippen LogP contribution in [-0.4, -0.2) is 39.2 Å². The number of phenols is 1. The van der Waals surface area contributed by atoms with Crippen LogP contribution in [0.25, 0.3) is 0 Å². The number of benzene rings is 1. The molecule has 2 unspecified atom stereocenters. The Bertz CT molecular complexity index is 558. The van der Waals surface area contributed by atoms with Crippen molar-refractivity contribution in [1.82, 2.24) is 10.2 Å².